The molecule has 0 atom stereocenters. The lowest BCUT2D eigenvalue weighted by molar-refractivity contribution is -0.120. The highest BCUT2D eigenvalue weighted by Crippen LogP contribution is 2.25. The Hall–Kier alpha value is -2.67. The molecule has 0 spiro atoms. The number of hydrogen-bond donors (Lipinski definition) is 1. The summed E-state index contributed by atoms with van der Waals surface area (Å²) in [5.41, 5.74) is 1.72. The molecule has 3 heterocycles. The molecule has 7 heteroatoms. The zero-order valence-electron chi connectivity index (χ0n) is 14.4. The summed E-state index contributed by atoms with van der Waals surface area (Å²) < 4.78 is 5.56. The Bertz CT molecular complexity index is 869. The van der Waals surface area contributed by atoms with Crippen LogP contribution in [0.2, 0.25) is 0 Å². The number of furan rings is 1. The van der Waals surface area contributed by atoms with E-state index in [9.17, 15) is 4.79 Å². The van der Waals surface area contributed by atoms with E-state index < -0.39 is 0 Å². The highest BCUT2D eigenvalue weighted by molar-refractivity contribution is 7.13. The van der Waals surface area contributed by atoms with Crippen molar-refractivity contribution >= 4 is 23.1 Å². The number of carbonyl (C=O) groups excluding carboxylic acids is 1. The second kappa shape index (κ2) is 7.48. The number of pyridine rings is 1. The van der Waals surface area contributed by atoms with Crippen molar-refractivity contribution in [2.45, 2.75) is 19.9 Å². The van der Waals surface area contributed by atoms with Crippen LogP contribution in [-0.4, -0.2) is 30.0 Å². The zero-order chi connectivity index (χ0) is 17.8. The van der Waals surface area contributed by atoms with Gasteiger partial charge in [0.25, 0.3) is 0 Å². The first kappa shape index (κ1) is 17.2. The minimum atomic E-state index is -0.0685. The molecule has 0 saturated heterocycles. The summed E-state index contributed by atoms with van der Waals surface area (Å²) >= 11 is 1.48. The molecule has 0 aliphatic heterocycles. The van der Waals surface area contributed by atoms with Crippen LogP contribution in [0.5, 0.6) is 0 Å². The van der Waals surface area contributed by atoms with E-state index in [1.807, 2.05) is 55.6 Å². The normalized spacial score (nSPS) is 10.7. The highest BCUT2D eigenvalue weighted by atomic mass is 32.1. The number of rotatable bonds is 6. The highest BCUT2D eigenvalue weighted by Gasteiger charge is 2.12. The Morgan fingerprint density at radius 2 is 2.16 bits per heavy atom. The maximum atomic E-state index is 12.2. The number of aromatic nitrogens is 2. The third-order valence-corrected chi connectivity index (χ3v) is 4.52. The molecule has 0 unspecified atom stereocenters. The second-order valence-electron chi connectivity index (χ2n) is 5.89. The van der Waals surface area contributed by atoms with Crippen molar-refractivity contribution in [1.29, 1.82) is 0 Å². The largest absolute Gasteiger partial charge is 0.459 e. The van der Waals surface area contributed by atoms with Crippen LogP contribution in [0.4, 0.5) is 5.82 Å². The van der Waals surface area contributed by atoms with E-state index in [4.69, 9.17) is 4.42 Å². The number of carbonyl (C=O) groups is 1. The molecule has 3 aromatic heterocycles. The Morgan fingerprint density at radius 1 is 1.32 bits per heavy atom. The molecule has 6 nitrogen and oxygen atoms in total. The van der Waals surface area contributed by atoms with Crippen molar-refractivity contribution in [3.8, 4) is 10.8 Å². The van der Waals surface area contributed by atoms with E-state index in [0.717, 1.165) is 33.6 Å². The van der Waals surface area contributed by atoms with Crippen LogP contribution in [0.25, 0.3) is 10.8 Å². The predicted octanol–water partition coefficient (Wildman–Crippen LogP) is 3.03. The molecule has 1 N–H and O–H groups in total. The van der Waals surface area contributed by atoms with Crippen molar-refractivity contribution in [2.75, 3.05) is 19.0 Å². The second-order valence-corrected chi connectivity index (χ2v) is 6.75. The van der Waals surface area contributed by atoms with Crippen LogP contribution in [0.15, 0.2) is 40.3 Å². The maximum Gasteiger partial charge on any atom is 0.226 e. The first-order valence-electron chi connectivity index (χ1n) is 7.92. The van der Waals surface area contributed by atoms with Gasteiger partial charge in [-0.25, -0.2) is 9.97 Å². The molecule has 1 amide bonds. The van der Waals surface area contributed by atoms with E-state index in [0.29, 0.717) is 6.54 Å². The molecule has 0 fully saturated rings. The minimum absolute atomic E-state index is 0.0685. The van der Waals surface area contributed by atoms with E-state index >= 15 is 0 Å². The van der Waals surface area contributed by atoms with Crippen molar-refractivity contribution in [3.05, 3.63) is 52.9 Å². The molecule has 3 rings (SSSR count). The van der Waals surface area contributed by atoms with Gasteiger partial charge in [0.05, 0.1) is 12.1 Å². The average Bonchev–Trinajstić information content (AvgIpc) is 3.22. The fourth-order valence-corrected chi connectivity index (χ4v) is 3.22. The number of nitrogens with zero attached hydrogens (tertiary/aromatic N) is 3. The van der Waals surface area contributed by atoms with Crippen LogP contribution in [-0.2, 0) is 17.8 Å². The summed E-state index contributed by atoms with van der Waals surface area (Å²) in [5.74, 6) is 2.37. The average molecular weight is 356 g/mol. The Balaban J connectivity index is 1.59. The molecule has 25 heavy (non-hydrogen) atoms. The monoisotopic (exact) mass is 356 g/mol. The van der Waals surface area contributed by atoms with Gasteiger partial charge in [-0.3, -0.25) is 4.79 Å². The summed E-state index contributed by atoms with van der Waals surface area (Å²) in [5, 5.41) is 5.61. The number of aryl methyl sites for hydroxylation is 1. The summed E-state index contributed by atoms with van der Waals surface area (Å²) in [6, 6.07) is 7.62. The predicted molar refractivity (Wildman–Crippen MR) is 98.7 cm³/mol. The van der Waals surface area contributed by atoms with Gasteiger partial charge < -0.3 is 14.6 Å². The van der Waals surface area contributed by atoms with Crippen molar-refractivity contribution in [3.63, 3.8) is 0 Å². The van der Waals surface area contributed by atoms with Crippen molar-refractivity contribution < 1.29 is 9.21 Å². The first-order chi connectivity index (χ1) is 12.0. The lowest BCUT2D eigenvalue weighted by Gasteiger charge is -2.16. The standard InChI is InChI=1S/C18H20N4O2S/c1-12-6-7-15(24-12)18-21-14(11-25-18)9-16(23)20-10-13-5-4-8-19-17(13)22(2)3/h4-8,11H,9-10H2,1-3H3,(H,20,23). The molecule has 3 aromatic rings. The summed E-state index contributed by atoms with van der Waals surface area (Å²) in [6.45, 7) is 2.33. The molecule has 130 valence electrons. The molecular formula is C18H20N4O2S. The summed E-state index contributed by atoms with van der Waals surface area (Å²) in [4.78, 5) is 23.0. The number of hydrogen-bond acceptors (Lipinski definition) is 6. The molecule has 0 radical (unpaired) electrons. The van der Waals surface area contributed by atoms with E-state index in [1.165, 1.54) is 11.3 Å². The number of nitrogens with one attached hydrogen (secondary N) is 1. The van der Waals surface area contributed by atoms with Gasteiger partial charge in [-0.05, 0) is 25.1 Å². The van der Waals surface area contributed by atoms with E-state index in [2.05, 4.69) is 15.3 Å². The molecule has 0 aromatic carbocycles. The quantitative estimate of drug-likeness (QED) is 0.735. The zero-order valence-corrected chi connectivity index (χ0v) is 15.3. The van der Waals surface area contributed by atoms with Crippen LogP contribution in [0.1, 0.15) is 17.0 Å². The molecular weight excluding hydrogens is 336 g/mol. The van der Waals surface area contributed by atoms with Gasteiger partial charge in [-0.2, -0.15) is 0 Å². The lowest BCUT2D eigenvalue weighted by atomic mass is 10.2. The van der Waals surface area contributed by atoms with Crippen molar-refractivity contribution in [1.82, 2.24) is 15.3 Å². The third kappa shape index (κ3) is 4.24. The van der Waals surface area contributed by atoms with Crippen LogP contribution in [0.3, 0.4) is 0 Å². The van der Waals surface area contributed by atoms with E-state index in [-0.39, 0.29) is 12.3 Å². The topological polar surface area (TPSA) is 71.3 Å². The smallest absolute Gasteiger partial charge is 0.226 e. The van der Waals surface area contributed by atoms with E-state index in [1.54, 1.807) is 6.20 Å². The first-order valence-corrected chi connectivity index (χ1v) is 8.80. The Morgan fingerprint density at radius 3 is 2.88 bits per heavy atom. The SMILES string of the molecule is Cc1ccc(-c2nc(CC(=O)NCc3cccnc3N(C)C)cs2)o1. The van der Waals surface area contributed by atoms with Crippen LogP contribution < -0.4 is 10.2 Å². The van der Waals surface area contributed by atoms with Gasteiger partial charge in [0.2, 0.25) is 5.91 Å². The number of anilines is 1. The van der Waals surface area contributed by atoms with Gasteiger partial charge in [-0.15, -0.1) is 11.3 Å². The van der Waals surface area contributed by atoms with Gasteiger partial charge in [0.1, 0.15) is 11.6 Å². The molecule has 0 aliphatic carbocycles. The third-order valence-electron chi connectivity index (χ3n) is 3.61. The maximum absolute atomic E-state index is 12.2. The van der Waals surface area contributed by atoms with Gasteiger partial charge in [0.15, 0.2) is 10.8 Å². The van der Waals surface area contributed by atoms with Crippen LogP contribution >= 0.6 is 11.3 Å². The molecule has 0 aliphatic rings. The molecule has 0 saturated carbocycles. The number of thiazole rings is 1. The van der Waals surface area contributed by atoms with Crippen LogP contribution in [0, 0.1) is 6.92 Å². The van der Waals surface area contributed by atoms with Crippen molar-refractivity contribution in [2.24, 2.45) is 0 Å². The summed E-state index contributed by atoms with van der Waals surface area (Å²) in [7, 11) is 3.86. The molecule has 0 bridgehead atoms. The minimum Gasteiger partial charge on any atom is -0.459 e. The van der Waals surface area contributed by atoms with Gasteiger partial charge >= 0.3 is 0 Å². The Kier molecular flexibility index (Phi) is 5.14. The number of amides is 1. The fraction of sp³-hybridized carbons (Fsp3) is 0.278. The fourth-order valence-electron chi connectivity index (χ4n) is 2.44. The Labute approximate surface area is 150 Å². The summed E-state index contributed by atoms with van der Waals surface area (Å²) in [6.07, 6.45) is 1.99. The van der Waals surface area contributed by atoms with Gasteiger partial charge in [0, 0.05) is 37.8 Å². The van der Waals surface area contributed by atoms with Gasteiger partial charge in [-0.1, -0.05) is 6.07 Å². The lowest BCUT2D eigenvalue weighted by Crippen LogP contribution is -2.26.